The molecule has 0 spiro atoms. The van der Waals surface area contributed by atoms with Crippen LogP contribution in [0.2, 0.25) is 0 Å². The predicted octanol–water partition coefficient (Wildman–Crippen LogP) is 12.9. The number of nitrogens with one attached hydrogen (secondary N) is 1. The molecule has 3 atom stereocenters. The van der Waals surface area contributed by atoms with E-state index in [1.54, 1.807) is 6.08 Å². The minimum atomic E-state index is -4.60. The number of aliphatic hydroxyl groups is 1. The van der Waals surface area contributed by atoms with Crippen LogP contribution in [0.1, 0.15) is 187 Å². The highest BCUT2D eigenvalue weighted by Crippen LogP contribution is 2.38. The summed E-state index contributed by atoms with van der Waals surface area (Å²) in [5.41, 5.74) is 0. The number of carbonyl (C=O) groups excluding carboxylic acids is 1. The maximum Gasteiger partial charge on any atom is 0.268 e. The lowest BCUT2D eigenvalue weighted by molar-refractivity contribution is -0.870. The molecule has 0 aliphatic heterocycles. The number of aliphatic hydroxyl groups excluding tert-OH is 1. The second-order valence-corrected chi connectivity index (χ2v) is 18.5. The van der Waals surface area contributed by atoms with E-state index in [1.807, 2.05) is 27.2 Å². The van der Waals surface area contributed by atoms with Gasteiger partial charge in [-0.1, -0.05) is 183 Å². The molecule has 8 nitrogen and oxygen atoms in total. The molecular weight excluding hydrogens is 756 g/mol. The molecule has 0 aromatic rings. The van der Waals surface area contributed by atoms with Crippen molar-refractivity contribution in [3.8, 4) is 0 Å². The highest BCUT2D eigenvalue weighted by Gasteiger charge is 2.23. The Kier molecular flexibility index (Phi) is 39.9. The summed E-state index contributed by atoms with van der Waals surface area (Å²) < 4.78 is 23.2. The highest BCUT2D eigenvalue weighted by atomic mass is 31.2. The van der Waals surface area contributed by atoms with E-state index < -0.39 is 26.6 Å². The SMILES string of the molecule is CC/C=C\C/C=C\C/C=C\C/C=C\CCCCCCCCCCC(=O)NC(COP(=O)([O-])OCC[N+](C)(C)C)C(O)/C=C/CC/C=C/CCCCCCCCCCCC. The van der Waals surface area contributed by atoms with Crippen LogP contribution in [0.15, 0.2) is 72.9 Å². The molecule has 0 rings (SSSR count). The van der Waals surface area contributed by atoms with E-state index in [4.69, 9.17) is 9.05 Å². The van der Waals surface area contributed by atoms with Crippen LogP contribution in [0.3, 0.4) is 0 Å². The van der Waals surface area contributed by atoms with Crippen molar-refractivity contribution in [3.05, 3.63) is 72.9 Å². The quantitative estimate of drug-likeness (QED) is 0.0274. The molecule has 2 N–H and O–H groups in total. The van der Waals surface area contributed by atoms with Gasteiger partial charge >= 0.3 is 0 Å². The summed E-state index contributed by atoms with van der Waals surface area (Å²) in [7, 11) is 1.23. The van der Waals surface area contributed by atoms with Gasteiger partial charge in [0, 0.05) is 6.42 Å². The Bertz CT molecular complexity index is 1190. The van der Waals surface area contributed by atoms with Crippen molar-refractivity contribution >= 4 is 13.7 Å². The van der Waals surface area contributed by atoms with Crippen molar-refractivity contribution in [1.82, 2.24) is 5.32 Å². The maximum absolute atomic E-state index is 12.9. The summed E-state index contributed by atoms with van der Waals surface area (Å²) in [4.78, 5) is 25.4. The molecule has 342 valence electrons. The van der Waals surface area contributed by atoms with E-state index in [-0.39, 0.29) is 12.5 Å². The molecule has 0 fully saturated rings. The molecule has 59 heavy (non-hydrogen) atoms. The summed E-state index contributed by atoms with van der Waals surface area (Å²) in [6, 6.07) is -0.911. The molecule has 0 saturated heterocycles. The molecule has 0 bridgehead atoms. The molecule has 0 heterocycles. The molecule has 1 amide bonds. The molecule has 0 aliphatic rings. The van der Waals surface area contributed by atoms with Crippen molar-refractivity contribution in [2.45, 2.75) is 199 Å². The molecular formula is C50H91N2O6P. The highest BCUT2D eigenvalue weighted by molar-refractivity contribution is 7.45. The number of carbonyl (C=O) groups is 1. The van der Waals surface area contributed by atoms with Gasteiger partial charge in [-0.05, 0) is 70.6 Å². The summed E-state index contributed by atoms with van der Waals surface area (Å²) in [5, 5.41) is 13.8. The van der Waals surface area contributed by atoms with Gasteiger partial charge in [0.2, 0.25) is 5.91 Å². The Hall–Kier alpha value is -2.06. The number of rotatable bonds is 42. The van der Waals surface area contributed by atoms with Crippen LogP contribution in [0.4, 0.5) is 0 Å². The van der Waals surface area contributed by atoms with Crippen LogP contribution in [0.5, 0.6) is 0 Å². The minimum Gasteiger partial charge on any atom is -0.756 e. The number of amides is 1. The fourth-order valence-electron chi connectivity index (χ4n) is 6.39. The van der Waals surface area contributed by atoms with Crippen molar-refractivity contribution < 1.29 is 32.9 Å². The lowest BCUT2D eigenvalue weighted by Crippen LogP contribution is -2.45. The second-order valence-electron chi connectivity index (χ2n) is 17.1. The van der Waals surface area contributed by atoms with Crippen LogP contribution in [-0.4, -0.2) is 68.5 Å². The molecule has 0 aromatic carbocycles. The zero-order valence-corrected chi connectivity index (χ0v) is 39.6. The summed E-state index contributed by atoms with van der Waals surface area (Å²) in [6.07, 6.45) is 55.2. The van der Waals surface area contributed by atoms with E-state index in [0.29, 0.717) is 17.4 Å². The summed E-state index contributed by atoms with van der Waals surface area (Å²) in [6.45, 7) is 4.49. The van der Waals surface area contributed by atoms with Crippen molar-refractivity contribution in [2.75, 3.05) is 40.9 Å². The van der Waals surface area contributed by atoms with Gasteiger partial charge in [0.05, 0.1) is 39.9 Å². The lowest BCUT2D eigenvalue weighted by atomic mass is 10.1. The number of hydrogen-bond donors (Lipinski definition) is 2. The largest absolute Gasteiger partial charge is 0.756 e. The number of allylic oxidation sites excluding steroid dienone is 11. The Labute approximate surface area is 364 Å². The standard InChI is InChI=1S/C50H91N2O6P/c1-6-8-10-12-14-16-18-20-22-24-25-26-27-28-30-32-34-36-38-40-42-44-50(54)51-48(47-58-59(55,56)57-46-45-52(3,4)5)49(53)43-41-39-37-35-33-31-29-23-21-19-17-15-13-11-9-7-2/h8,10,14,16,20,22,25-26,33,35,41,43,48-49,53H,6-7,9,11-13,15,17-19,21,23-24,27-32,34,36-40,42,44-47H2,1-5H3,(H-,51,54,55,56)/b10-8-,16-14-,22-20-,26-25-,35-33+,43-41+. The summed E-state index contributed by atoms with van der Waals surface area (Å²) in [5.74, 6) is -0.219. The number of unbranched alkanes of at least 4 members (excludes halogenated alkanes) is 19. The third-order valence-corrected chi connectivity index (χ3v) is 11.1. The van der Waals surface area contributed by atoms with Gasteiger partial charge in [0.1, 0.15) is 13.2 Å². The van der Waals surface area contributed by atoms with Gasteiger partial charge < -0.3 is 28.8 Å². The third kappa shape index (κ3) is 43.8. The number of hydrogen-bond acceptors (Lipinski definition) is 6. The van der Waals surface area contributed by atoms with Gasteiger partial charge in [-0.15, -0.1) is 0 Å². The average molecular weight is 847 g/mol. The normalized spacial score (nSPS) is 14.9. The third-order valence-electron chi connectivity index (χ3n) is 10.2. The molecule has 0 aromatic heterocycles. The van der Waals surface area contributed by atoms with Gasteiger partial charge in [-0.2, -0.15) is 0 Å². The number of quaternary nitrogens is 1. The fourth-order valence-corrected chi connectivity index (χ4v) is 7.12. The number of nitrogens with zero attached hydrogens (tertiary/aromatic N) is 1. The monoisotopic (exact) mass is 847 g/mol. The number of phosphoric ester groups is 1. The first kappa shape index (κ1) is 56.9. The van der Waals surface area contributed by atoms with Crippen LogP contribution in [0.25, 0.3) is 0 Å². The Balaban J connectivity index is 4.43. The van der Waals surface area contributed by atoms with E-state index in [0.717, 1.165) is 77.0 Å². The average Bonchev–Trinajstić information content (AvgIpc) is 3.19. The van der Waals surface area contributed by atoms with Crippen molar-refractivity contribution in [2.24, 2.45) is 0 Å². The van der Waals surface area contributed by atoms with Gasteiger partial charge in [-0.3, -0.25) is 9.36 Å². The molecule has 0 radical (unpaired) electrons. The number of likely N-dealkylation sites (N-methyl/N-ethyl adjacent to an activating group) is 1. The van der Waals surface area contributed by atoms with Gasteiger partial charge in [-0.25, -0.2) is 0 Å². The molecule has 0 aliphatic carbocycles. The second kappa shape index (κ2) is 41.3. The molecule has 0 saturated carbocycles. The summed E-state index contributed by atoms with van der Waals surface area (Å²) >= 11 is 0. The van der Waals surface area contributed by atoms with Crippen LogP contribution in [0, 0.1) is 0 Å². The van der Waals surface area contributed by atoms with Crippen LogP contribution in [-0.2, 0) is 18.4 Å². The Morgan fingerprint density at radius 3 is 1.58 bits per heavy atom. The molecule has 3 unspecified atom stereocenters. The van der Waals surface area contributed by atoms with E-state index in [2.05, 4.69) is 79.9 Å². The van der Waals surface area contributed by atoms with Gasteiger partial charge in [0.15, 0.2) is 0 Å². The van der Waals surface area contributed by atoms with Crippen LogP contribution < -0.4 is 10.2 Å². The van der Waals surface area contributed by atoms with Crippen LogP contribution >= 0.6 is 7.82 Å². The van der Waals surface area contributed by atoms with Crippen molar-refractivity contribution in [3.63, 3.8) is 0 Å². The Morgan fingerprint density at radius 1 is 0.610 bits per heavy atom. The molecule has 9 heteroatoms. The van der Waals surface area contributed by atoms with Crippen molar-refractivity contribution in [1.29, 1.82) is 0 Å². The zero-order chi connectivity index (χ0) is 43.6. The first-order valence-electron chi connectivity index (χ1n) is 23.8. The predicted molar refractivity (Wildman–Crippen MR) is 251 cm³/mol. The fraction of sp³-hybridized carbons (Fsp3) is 0.740. The Morgan fingerprint density at radius 2 is 1.05 bits per heavy atom. The lowest BCUT2D eigenvalue weighted by Gasteiger charge is -2.29. The first-order chi connectivity index (χ1) is 28.5. The smallest absolute Gasteiger partial charge is 0.268 e. The van der Waals surface area contributed by atoms with E-state index in [9.17, 15) is 19.4 Å². The minimum absolute atomic E-state index is 0.0114. The van der Waals surface area contributed by atoms with E-state index in [1.165, 1.54) is 89.9 Å². The zero-order valence-electron chi connectivity index (χ0n) is 38.7. The van der Waals surface area contributed by atoms with E-state index >= 15 is 0 Å². The van der Waals surface area contributed by atoms with Gasteiger partial charge in [0.25, 0.3) is 7.82 Å². The number of phosphoric acid groups is 1. The first-order valence-corrected chi connectivity index (χ1v) is 25.3. The topological polar surface area (TPSA) is 108 Å². The maximum atomic E-state index is 12.9.